The largest absolute Gasteiger partial charge is 0.334 e. The number of hydrogen-bond donors (Lipinski definition) is 0. The van der Waals surface area contributed by atoms with Crippen LogP contribution in [0.5, 0.6) is 0 Å². The van der Waals surface area contributed by atoms with Crippen molar-refractivity contribution in [2.24, 2.45) is 0 Å². The van der Waals surface area contributed by atoms with E-state index in [1.165, 1.54) is 7.05 Å². The molecule has 1 rings (SSSR count). The maximum absolute atomic E-state index is 10.9. The molecule has 4 amide bonds. The molecule has 1 heterocycles. The van der Waals surface area contributed by atoms with Crippen LogP contribution < -0.4 is 0 Å². The van der Waals surface area contributed by atoms with Gasteiger partial charge in [0.1, 0.15) is 6.54 Å². The molecule has 0 saturated carbocycles. The molecule has 0 radical (unpaired) electrons. The standard InChI is InChI=1S/C5H5ClN2O3/c1-7-3(9)2-8(4(6)10)5(7)11/h2H2,1H3. The third-order valence-electron chi connectivity index (χ3n) is 1.40. The molecule has 5 nitrogen and oxygen atoms in total. The van der Waals surface area contributed by atoms with E-state index in [1.54, 1.807) is 0 Å². The van der Waals surface area contributed by atoms with Crippen molar-refractivity contribution in [1.82, 2.24) is 9.80 Å². The lowest BCUT2D eigenvalue weighted by molar-refractivity contribution is -0.124. The van der Waals surface area contributed by atoms with Crippen LogP contribution >= 0.6 is 11.6 Å². The highest BCUT2D eigenvalue weighted by molar-refractivity contribution is 6.64. The van der Waals surface area contributed by atoms with Gasteiger partial charge in [0, 0.05) is 7.05 Å². The van der Waals surface area contributed by atoms with Crippen molar-refractivity contribution in [2.75, 3.05) is 13.6 Å². The van der Waals surface area contributed by atoms with Crippen LogP contribution in [0.2, 0.25) is 0 Å². The fourth-order valence-electron chi connectivity index (χ4n) is 0.734. The molecule has 1 fully saturated rings. The fourth-order valence-corrected chi connectivity index (χ4v) is 0.866. The number of carbonyl (C=O) groups is 3. The first-order valence-corrected chi connectivity index (χ1v) is 3.19. The van der Waals surface area contributed by atoms with Crippen molar-refractivity contribution in [3.63, 3.8) is 0 Å². The fraction of sp³-hybridized carbons (Fsp3) is 0.400. The first-order chi connectivity index (χ1) is 5.04. The van der Waals surface area contributed by atoms with Gasteiger partial charge in [-0.25, -0.2) is 9.69 Å². The van der Waals surface area contributed by atoms with Crippen molar-refractivity contribution in [2.45, 2.75) is 0 Å². The molecular weight excluding hydrogens is 172 g/mol. The summed E-state index contributed by atoms with van der Waals surface area (Å²) in [5.74, 6) is -0.427. The number of carbonyl (C=O) groups excluding carboxylic acids is 3. The van der Waals surface area contributed by atoms with Crippen molar-refractivity contribution in [3.05, 3.63) is 0 Å². The normalized spacial score (nSPS) is 18.0. The summed E-state index contributed by atoms with van der Waals surface area (Å²) in [5, 5.41) is -0.923. The van der Waals surface area contributed by atoms with Gasteiger partial charge in [-0.05, 0) is 11.6 Å². The average Bonchev–Trinajstić information content (AvgIpc) is 2.17. The Hall–Kier alpha value is -1.10. The molecule has 0 bridgehead atoms. The summed E-state index contributed by atoms with van der Waals surface area (Å²) in [5.41, 5.74) is 0. The first-order valence-electron chi connectivity index (χ1n) is 2.81. The van der Waals surface area contributed by atoms with E-state index in [-0.39, 0.29) is 6.54 Å². The molecule has 1 aliphatic heterocycles. The Morgan fingerprint density at radius 2 is 2.09 bits per heavy atom. The number of hydrogen-bond acceptors (Lipinski definition) is 3. The summed E-state index contributed by atoms with van der Waals surface area (Å²) in [6.07, 6.45) is 0. The number of likely N-dealkylation sites (N-methyl/N-ethyl adjacent to an activating group) is 1. The lowest BCUT2D eigenvalue weighted by Crippen LogP contribution is -2.31. The average molecular weight is 177 g/mol. The Labute approximate surface area is 67.5 Å². The molecule has 11 heavy (non-hydrogen) atoms. The Morgan fingerprint density at radius 1 is 1.55 bits per heavy atom. The van der Waals surface area contributed by atoms with E-state index in [0.717, 1.165) is 4.90 Å². The Morgan fingerprint density at radius 3 is 2.27 bits per heavy atom. The van der Waals surface area contributed by atoms with Crippen LogP contribution in [0.15, 0.2) is 0 Å². The molecule has 0 aromatic rings. The van der Waals surface area contributed by atoms with Crippen LogP contribution in [0.1, 0.15) is 0 Å². The molecule has 0 unspecified atom stereocenters. The number of halogens is 1. The van der Waals surface area contributed by atoms with Gasteiger partial charge in [-0.15, -0.1) is 0 Å². The van der Waals surface area contributed by atoms with Gasteiger partial charge in [0.15, 0.2) is 0 Å². The maximum atomic E-state index is 10.9. The van der Waals surface area contributed by atoms with E-state index < -0.39 is 17.3 Å². The summed E-state index contributed by atoms with van der Waals surface area (Å²) in [7, 11) is 1.30. The third-order valence-corrected chi connectivity index (χ3v) is 1.60. The van der Waals surface area contributed by atoms with Crippen LogP contribution in [-0.4, -0.2) is 40.7 Å². The molecule has 6 heteroatoms. The summed E-state index contributed by atoms with van der Waals surface area (Å²) in [4.78, 5) is 33.6. The van der Waals surface area contributed by atoms with E-state index in [1.807, 2.05) is 0 Å². The quantitative estimate of drug-likeness (QED) is 0.302. The Bertz CT molecular complexity index is 240. The van der Waals surface area contributed by atoms with Gasteiger partial charge >= 0.3 is 11.4 Å². The highest BCUT2D eigenvalue weighted by Crippen LogP contribution is 2.09. The van der Waals surface area contributed by atoms with Crippen LogP contribution in [0.3, 0.4) is 0 Å². The minimum Gasteiger partial charge on any atom is -0.272 e. The predicted octanol–water partition coefficient (Wildman–Crippen LogP) is 0.239. The van der Waals surface area contributed by atoms with E-state index in [0.29, 0.717) is 4.90 Å². The lowest BCUT2D eigenvalue weighted by Gasteiger charge is -2.07. The van der Waals surface area contributed by atoms with Crippen LogP contribution in [0.25, 0.3) is 0 Å². The van der Waals surface area contributed by atoms with E-state index in [4.69, 9.17) is 11.6 Å². The molecule has 0 aliphatic carbocycles. The summed E-state index contributed by atoms with van der Waals surface area (Å²) in [6.45, 7) is -0.252. The van der Waals surface area contributed by atoms with Crippen LogP contribution in [-0.2, 0) is 4.79 Å². The highest BCUT2D eigenvalue weighted by Gasteiger charge is 2.36. The molecule has 0 atom stereocenters. The smallest absolute Gasteiger partial charge is 0.272 e. The van der Waals surface area contributed by atoms with Crippen molar-refractivity contribution < 1.29 is 14.4 Å². The Balaban J connectivity index is 2.83. The van der Waals surface area contributed by atoms with Crippen molar-refractivity contribution in [3.8, 4) is 0 Å². The third kappa shape index (κ3) is 1.19. The Kier molecular flexibility index (Phi) is 1.82. The number of amides is 4. The molecule has 1 aliphatic rings. The van der Waals surface area contributed by atoms with Crippen LogP contribution in [0.4, 0.5) is 9.59 Å². The summed E-state index contributed by atoms with van der Waals surface area (Å²) >= 11 is 5.00. The van der Waals surface area contributed by atoms with E-state index in [2.05, 4.69) is 0 Å². The van der Waals surface area contributed by atoms with Gasteiger partial charge in [-0.3, -0.25) is 14.5 Å². The second-order valence-corrected chi connectivity index (χ2v) is 2.40. The van der Waals surface area contributed by atoms with Gasteiger partial charge in [0.2, 0.25) is 0 Å². The molecule has 0 aromatic carbocycles. The lowest BCUT2D eigenvalue weighted by atomic mass is 10.6. The minimum atomic E-state index is -0.923. The molecule has 0 aromatic heterocycles. The topological polar surface area (TPSA) is 57.7 Å². The number of imide groups is 2. The number of rotatable bonds is 0. The number of nitrogens with zero attached hydrogens (tertiary/aromatic N) is 2. The van der Waals surface area contributed by atoms with Crippen LogP contribution in [0, 0.1) is 0 Å². The first kappa shape index (κ1) is 8.00. The predicted molar refractivity (Wildman–Crippen MR) is 36.1 cm³/mol. The summed E-state index contributed by atoms with van der Waals surface area (Å²) in [6, 6.07) is -0.671. The maximum Gasteiger partial charge on any atom is 0.334 e. The van der Waals surface area contributed by atoms with Gasteiger partial charge in [0.05, 0.1) is 0 Å². The second-order valence-electron chi connectivity index (χ2n) is 2.07. The highest BCUT2D eigenvalue weighted by atomic mass is 35.5. The van der Waals surface area contributed by atoms with Gasteiger partial charge in [-0.2, -0.15) is 0 Å². The monoisotopic (exact) mass is 176 g/mol. The molecule has 60 valence electrons. The molecule has 0 N–H and O–H groups in total. The zero-order chi connectivity index (χ0) is 8.59. The van der Waals surface area contributed by atoms with Gasteiger partial charge in [0.25, 0.3) is 5.91 Å². The zero-order valence-electron chi connectivity index (χ0n) is 5.70. The van der Waals surface area contributed by atoms with Gasteiger partial charge < -0.3 is 0 Å². The van der Waals surface area contributed by atoms with Gasteiger partial charge in [-0.1, -0.05) is 0 Å². The summed E-state index contributed by atoms with van der Waals surface area (Å²) < 4.78 is 0. The zero-order valence-corrected chi connectivity index (χ0v) is 6.46. The molecule has 0 spiro atoms. The van der Waals surface area contributed by atoms with E-state index in [9.17, 15) is 14.4 Å². The van der Waals surface area contributed by atoms with Crippen molar-refractivity contribution in [1.29, 1.82) is 0 Å². The molecule has 1 saturated heterocycles. The SMILES string of the molecule is CN1C(=O)CN(C(=O)Cl)C1=O. The number of urea groups is 1. The second kappa shape index (κ2) is 2.50. The minimum absolute atomic E-state index is 0.252. The molecular formula is C5H5ClN2O3. The van der Waals surface area contributed by atoms with Crippen molar-refractivity contribution >= 4 is 28.9 Å². The van der Waals surface area contributed by atoms with E-state index >= 15 is 0 Å².